The third-order valence-corrected chi connectivity index (χ3v) is 3.59. The van der Waals surface area contributed by atoms with Crippen LogP contribution in [0.1, 0.15) is 13.8 Å². The highest BCUT2D eigenvalue weighted by molar-refractivity contribution is 7.90. The molecule has 8 heteroatoms. The molecule has 0 radical (unpaired) electrons. The van der Waals surface area contributed by atoms with Crippen LogP contribution < -0.4 is 23.7 Å². The van der Waals surface area contributed by atoms with Gasteiger partial charge in [0.25, 0.3) is 10.2 Å². The Morgan fingerprint density at radius 2 is 1.50 bits per heavy atom. The van der Waals surface area contributed by atoms with Crippen molar-refractivity contribution >= 4 is 15.9 Å². The summed E-state index contributed by atoms with van der Waals surface area (Å²) >= 11 is 0. The number of methoxy groups -OCH3 is 3. The third-order valence-electron chi connectivity index (χ3n) is 2.31. The lowest BCUT2D eigenvalue weighted by Gasteiger charge is -2.16. The van der Waals surface area contributed by atoms with Gasteiger partial charge in [-0.2, -0.15) is 13.1 Å². The number of rotatable bonds is 7. The van der Waals surface area contributed by atoms with Crippen LogP contribution in [-0.4, -0.2) is 35.8 Å². The number of ether oxygens (including phenoxy) is 3. The lowest BCUT2D eigenvalue weighted by Crippen LogP contribution is -2.35. The van der Waals surface area contributed by atoms with E-state index >= 15 is 0 Å². The van der Waals surface area contributed by atoms with Gasteiger partial charge in [-0.25, -0.2) is 0 Å². The van der Waals surface area contributed by atoms with Crippen LogP contribution in [0.4, 0.5) is 5.69 Å². The summed E-state index contributed by atoms with van der Waals surface area (Å²) in [6.45, 7) is 3.46. The maximum absolute atomic E-state index is 11.8. The van der Waals surface area contributed by atoms with Gasteiger partial charge in [-0.1, -0.05) is 0 Å². The molecule has 7 nitrogen and oxygen atoms in total. The molecule has 2 N–H and O–H groups in total. The Kier molecular flexibility index (Phi) is 5.46. The normalized spacial score (nSPS) is 11.3. The molecule has 0 spiro atoms. The molecule has 0 aliphatic carbocycles. The monoisotopic (exact) mass is 304 g/mol. The zero-order valence-corrected chi connectivity index (χ0v) is 13.0. The average Bonchev–Trinajstić information content (AvgIpc) is 2.35. The van der Waals surface area contributed by atoms with Crippen LogP contribution in [-0.2, 0) is 10.2 Å². The van der Waals surface area contributed by atoms with Crippen molar-refractivity contribution in [3.05, 3.63) is 12.1 Å². The first-order valence-corrected chi connectivity index (χ1v) is 7.41. The van der Waals surface area contributed by atoms with Crippen molar-refractivity contribution in [2.24, 2.45) is 0 Å². The molecule has 114 valence electrons. The minimum atomic E-state index is -3.66. The predicted octanol–water partition coefficient (Wildman–Crippen LogP) is 1.37. The Labute approximate surface area is 119 Å². The molecule has 20 heavy (non-hydrogen) atoms. The van der Waals surface area contributed by atoms with E-state index in [1.54, 1.807) is 13.8 Å². The van der Waals surface area contributed by atoms with Crippen molar-refractivity contribution in [2.75, 3.05) is 26.1 Å². The Balaban J connectivity index is 3.14. The van der Waals surface area contributed by atoms with Gasteiger partial charge in [0.1, 0.15) is 0 Å². The molecule has 1 aromatic carbocycles. The van der Waals surface area contributed by atoms with Crippen molar-refractivity contribution in [1.29, 1.82) is 0 Å². The minimum absolute atomic E-state index is 0.213. The molecule has 0 atom stereocenters. The zero-order valence-electron chi connectivity index (χ0n) is 12.2. The largest absolute Gasteiger partial charge is 0.493 e. The van der Waals surface area contributed by atoms with Gasteiger partial charge < -0.3 is 14.2 Å². The number of anilines is 1. The lowest BCUT2D eigenvalue weighted by atomic mass is 10.2. The van der Waals surface area contributed by atoms with Gasteiger partial charge in [0.15, 0.2) is 11.5 Å². The van der Waals surface area contributed by atoms with Crippen molar-refractivity contribution in [3.63, 3.8) is 0 Å². The number of hydrogen-bond donors (Lipinski definition) is 2. The standard InChI is InChI=1S/C12H20N2O5S/c1-8(2)13-20(15,16)14-9-6-10(17-3)12(19-5)11(7-9)18-4/h6-8,13-14H,1-5H3. The summed E-state index contributed by atoms with van der Waals surface area (Å²) in [5.74, 6) is 1.14. The molecular weight excluding hydrogens is 284 g/mol. The SMILES string of the molecule is COc1cc(NS(=O)(=O)NC(C)C)cc(OC)c1OC. The molecule has 0 heterocycles. The Morgan fingerprint density at radius 3 is 1.85 bits per heavy atom. The smallest absolute Gasteiger partial charge is 0.299 e. The highest BCUT2D eigenvalue weighted by Crippen LogP contribution is 2.40. The van der Waals surface area contributed by atoms with Gasteiger partial charge in [-0.05, 0) is 13.8 Å². The number of nitrogens with one attached hydrogen (secondary N) is 2. The fourth-order valence-corrected chi connectivity index (χ4v) is 2.74. The molecule has 0 unspecified atom stereocenters. The van der Waals surface area contributed by atoms with Crippen LogP contribution in [0.3, 0.4) is 0 Å². The van der Waals surface area contributed by atoms with Gasteiger partial charge >= 0.3 is 0 Å². The maximum atomic E-state index is 11.8. The number of hydrogen-bond acceptors (Lipinski definition) is 5. The quantitative estimate of drug-likeness (QED) is 0.794. The maximum Gasteiger partial charge on any atom is 0.299 e. The molecule has 1 rings (SSSR count). The highest BCUT2D eigenvalue weighted by Gasteiger charge is 2.17. The molecule has 0 bridgehead atoms. The Bertz CT molecular complexity index is 532. The summed E-state index contributed by atoms with van der Waals surface area (Å²) in [7, 11) is 0.742. The fourth-order valence-electron chi connectivity index (χ4n) is 1.63. The molecular formula is C12H20N2O5S. The van der Waals surface area contributed by atoms with Crippen LogP contribution in [0.15, 0.2) is 12.1 Å². The highest BCUT2D eigenvalue weighted by atomic mass is 32.2. The van der Waals surface area contributed by atoms with E-state index in [1.165, 1.54) is 33.5 Å². The molecule has 0 saturated heterocycles. The third kappa shape index (κ3) is 4.17. The van der Waals surface area contributed by atoms with Crippen molar-refractivity contribution in [1.82, 2.24) is 4.72 Å². The van der Waals surface area contributed by atoms with Crippen molar-refractivity contribution < 1.29 is 22.6 Å². The molecule has 0 aliphatic rings. The van der Waals surface area contributed by atoms with Crippen LogP contribution in [0.25, 0.3) is 0 Å². The van der Waals surface area contributed by atoms with E-state index in [2.05, 4.69) is 9.44 Å². The van der Waals surface area contributed by atoms with E-state index in [-0.39, 0.29) is 6.04 Å². The van der Waals surface area contributed by atoms with Gasteiger partial charge in [0, 0.05) is 18.2 Å². The first kappa shape index (κ1) is 16.4. The number of benzene rings is 1. The van der Waals surface area contributed by atoms with Crippen LogP contribution in [0.5, 0.6) is 17.2 Å². The van der Waals surface area contributed by atoms with Crippen LogP contribution in [0, 0.1) is 0 Å². The van der Waals surface area contributed by atoms with Crippen LogP contribution in [0.2, 0.25) is 0 Å². The fraction of sp³-hybridized carbons (Fsp3) is 0.500. The second kappa shape index (κ2) is 6.67. The molecule has 0 aliphatic heterocycles. The summed E-state index contributed by atoms with van der Waals surface area (Å²) in [6.07, 6.45) is 0. The first-order chi connectivity index (χ1) is 9.32. The van der Waals surface area contributed by atoms with Crippen molar-refractivity contribution in [2.45, 2.75) is 19.9 Å². The van der Waals surface area contributed by atoms with Gasteiger partial charge in [0.2, 0.25) is 5.75 Å². The summed E-state index contributed by atoms with van der Waals surface area (Å²) in [5.41, 5.74) is 0.313. The lowest BCUT2D eigenvalue weighted by molar-refractivity contribution is 0.324. The van der Waals surface area contributed by atoms with E-state index in [0.717, 1.165) is 0 Å². The summed E-state index contributed by atoms with van der Waals surface area (Å²) < 4.78 is 43.9. The van der Waals surface area contributed by atoms with Gasteiger partial charge in [-0.3, -0.25) is 4.72 Å². The van der Waals surface area contributed by atoms with Gasteiger partial charge in [0.05, 0.1) is 27.0 Å². The van der Waals surface area contributed by atoms with E-state index < -0.39 is 10.2 Å². The minimum Gasteiger partial charge on any atom is -0.493 e. The second-order valence-electron chi connectivity index (χ2n) is 4.29. The molecule has 0 amide bonds. The van der Waals surface area contributed by atoms with E-state index in [9.17, 15) is 8.42 Å². The molecule has 0 saturated carbocycles. The topological polar surface area (TPSA) is 85.9 Å². The second-order valence-corrected chi connectivity index (χ2v) is 5.74. The molecule has 0 fully saturated rings. The summed E-state index contributed by atoms with van der Waals surface area (Å²) in [4.78, 5) is 0. The predicted molar refractivity (Wildman–Crippen MR) is 76.9 cm³/mol. The van der Waals surface area contributed by atoms with E-state index in [4.69, 9.17) is 14.2 Å². The first-order valence-electron chi connectivity index (χ1n) is 5.93. The van der Waals surface area contributed by atoms with E-state index in [1.807, 2.05) is 0 Å². The average molecular weight is 304 g/mol. The Hall–Kier alpha value is -1.67. The van der Waals surface area contributed by atoms with Crippen molar-refractivity contribution in [3.8, 4) is 17.2 Å². The van der Waals surface area contributed by atoms with Crippen LogP contribution >= 0.6 is 0 Å². The molecule has 0 aromatic heterocycles. The zero-order chi connectivity index (χ0) is 15.3. The van der Waals surface area contributed by atoms with E-state index in [0.29, 0.717) is 22.9 Å². The molecule has 1 aromatic rings. The summed E-state index contributed by atoms with van der Waals surface area (Å²) in [6, 6.07) is 2.82. The summed E-state index contributed by atoms with van der Waals surface area (Å²) in [5, 5.41) is 0. The van der Waals surface area contributed by atoms with Gasteiger partial charge in [-0.15, -0.1) is 0 Å². The Morgan fingerprint density at radius 1 is 1.00 bits per heavy atom.